The minimum atomic E-state index is -0.176. The summed E-state index contributed by atoms with van der Waals surface area (Å²) in [6, 6.07) is 9.15. The number of nitrogens with zero attached hydrogens (tertiary/aromatic N) is 5. The predicted molar refractivity (Wildman–Crippen MR) is 97.4 cm³/mol. The number of H-pyrrole nitrogens is 2. The molecule has 0 atom stereocenters. The molecule has 0 spiro atoms. The van der Waals surface area contributed by atoms with Crippen molar-refractivity contribution in [1.29, 1.82) is 0 Å². The Morgan fingerprint density at radius 3 is 2.85 bits per heavy atom. The molecule has 4 heterocycles. The van der Waals surface area contributed by atoms with E-state index in [0.717, 1.165) is 16.5 Å². The Kier molecular flexibility index (Phi) is 2.99. The standard InChI is InChI=1S/C18H13N7O/c1-25-7-5-13(24-25)16-15(10-2-3-12-11(8-10)9-20-23-12)21-17-14(26)4-6-19-18(17)22-16/h2-9H,1H3,(H,20,23)(H,19,22,26). The molecular formula is C18H13N7O. The Morgan fingerprint density at radius 1 is 1.08 bits per heavy atom. The molecule has 126 valence electrons. The molecule has 0 saturated heterocycles. The van der Waals surface area contributed by atoms with Gasteiger partial charge in [-0.1, -0.05) is 6.07 Å². The van der Waals surface area contributed by atoms with E-state index in [-0.39, 0.29) is 5.43 Å². The molecule has 1 aromatic carbocycles. The molecular weight excluding hydrogens is 330 g/mol. The van der Waals surface area contributed by atoms with E-state index in [9.17, 15) is 4.79 Å². The number of fused-ring (bicyclic) bond motifs is 2. The fraction of sp³-hybridized carbons (Fsp3) is 0.0556. The van der Waals surface area contributed by atoms with Gasteiger partial charge in [-0.15, -0.1) is 0 Å². The number of nitrogens with one attached hydrogen (secondary N) is 2. The van der Waals surface area contributed by atoms with Crippen molar-refractivity contribution in [1.82, 2.24) is 34.9 Å². The molecule has 8 nitrogen and oxygen atoms in total. The van der Waals surface area contributed by atoms with E-state index in [1.54, 1.807) is 17.1 Å². The zero-order chi connectivity index (χ0) is 17.7. The fourth-order valence-electron chi connectivity index (χ4n) is 2.99. The maximum absolute atomic E-state index is 12.2. The normalized spacial score (nSPS) is 11.4. The highest BCUT2D eigenvalue weighted by Gasteiger charge is 2.17. The maximum Gasteiger partial charge on any atom is 0.209 e. The predicted octanol–water partition coefficient (Wildman–Crippen LogP) is 2.26. The quantitative estimate of drug-likeness (QED) is 0.511. The number of hydrogen-bond acceptors (Lipinski definition) is 5. The summed E-state index contributed by atoms with van der Waals surface area (Å²) in [7, 11) is 1.84. The van der Waals surface area contributed by atoms with Crippen molar-refractivity contribution in [2.75, 3.05) is 0 Å². The number of aromatic nitrogens is 7. The fourth-order valence-corrected chi connectivity index (χ4v) is 2.99. The second kappa shape index (κ2) is 5.35. The Bertz CT molecular complexity index is 1330. The lowest BCUT2D eigenvalue weighted by molar-refractivity contribution is 0.770. The first-order valence-corrected chi connectivity index (χ1v) is 8.02. The first kappa shape index (κ1) is 14.5. The lowest BCUT2D eigenvalue weighted by Gasteiger charge is -2.08. The number of aryl methyl sites for hydroxylation is 1. The number of pyridine rings is 1. The van der Waals surface area contributed by atoms with Crippen LogP contribution in [0.2, 0.25) is 0 Å². The summed E-state index contributed by atoms with van der Waals surface area (Å²) < 4.78 is 1.71. The van der Waals surface area contributed by atoms with Gasteiger partial charge in [0.05, 0.1) is 17.4 Å². The molecule has 0 amide bonds. The van der Waals surface area contributed by atoms with Gasteiger partial charge < -0.3 is 4.98 Å². The first-order chi connectivity index (χ1) is 12.7. The Balaban J connectivity index is 1.86. The summed E-state index contributed by atoms with van der Waals surface area (Å²) in [5.74, 6) is 0. The van der Waals surface area contributed by atoms with Gasteiger partial charge in [0.1, 0.15) is 11.4 Å². The molecule has 8 heteroatoms. The summed E-state index contributed by atoms with van der Waals surface area (Å²) in [6.45, 7) is 0. The van der Waals surface area contributed by atoms with Gasteiger partial charge in [0.15, 0.2) is 11.2 Å². The average Bonchev–Trinajstić information content (AvgIpc) is 3.29. The summed E-state index contributed by atoms with van der Waals surface area (Å²) in [5, 5.41) is 12.4. The molecule has 2 N–H and O–H groups in total. The maximum atomic E-state index is 12.2. The minimum Gasteiger partial charge on any atom is -0.345 e. The zero-order valence-corrected chi connectivity index (χ0v) is 13.8. The topological polar surface area (TPSA) is 105 Å². The lowest BCUT2D eigenvalue weighted by Crippen LogP contribution is -2.07. The Labute approximate surface area is 146 Å². The van der Waals surface area contributed by atoms with Crippen LogP contribution in [0.5, 0.6) is 0 Å². The Hall–Kier alpha value is -3.81. The van der Waals surface area contributed by atoms with Gasteiger partial charge in [0.25, 0.3) is 0 Å². The van der Waals surface area contributed by atoms with Gasteiger partial charge >= 0.3 is 0 Å². The van der Waals surface area contributed by atoms with E-state index in [1.807, 2.05) is 37.5 Å². The van der Waals surface area contributed by atoms with Crippen LogP contribution in [0.15, 0.2) is 53.7 Å². The van der Waals surface area contributed by atoms with Crippen molar-refractivity contribution >= 4 is 22.1 Å². The third-order valence-corrected chi connectivity index (χ3v) is 4.25. The van der Waals surface area contributed by atoms with Crippen LogP contribution in [0, 0.1) is 0 Å². The Morgan fingerprint density at radius 2 is 2.00 bits per heavy atom. The largest absolute Gasteiger partial charge is 0.345 e. The summed E-state index contributed by atoms with van der Waals surface area (Å²) >= 11 is 0. The van der Waals surface area contributed by atoms with Crippen LogP contribution >= 0.6 is 0 Å². The molecule has 0 aliphatic rings. The zero-order valence-electron chi connectivity index (χ0n) is 13.8. The molecule has 0 saturated carbocycles. The number of rotatable bonds is 2. The number of hydrogen-bond donors (Lipinski definition) is 2. The first-order valence-electron chi connectivity index (χ1n) is 8.02. The van der Waals surface area contributed by atoms with E-state index in [4.69, 9.17) is 0 Å². The second-order valence-corrected chi connectivity index (χ2v) is 6.01. The van der Waals surface area contributed by atoms with Crippen LogP contribution in [-0.4, -0.2) is 34.9 Å². The van der Waals surface area contributed by atoms with E-state index in [0.29, 0.717) is 28.2 Å². The highest BCUT2D eigenvalue weighted by molar-refractivity contribution is 5.88. The smallest absolute Gasteiger partial charge is 0.209 e. The molecule has 0 bridgehead atoms. The van der Waals surface area contributed by atoms with Crippen LogP contribution in [0.1, 0.15) is 0 Å². The van der Waals surface area contributed by atoms with Crippen molar-refractivity contribution < 1.29 is 0 Å². The van der Waals surface area contributed by atoms with E-state index < -0.39 is 0 Å². The van der Waals surface area contributed by atoms with Crippen LogP contribution in [0.3, 0.4) is 0 Å². The summed E-state index contributed by atoms with van der Waals surface area (Å²) in [4.78, 5) is 24.5. The third-order valence-electron chi connectivity index (χ3n) is 4.25. The van der Waals surface area contributed by atoms with E-state index in [1.165, 1.54) is 6.07 Å². The number of benzene rings is 1. The van der Waals surface area contributed by atoms with Crippen molar-refractivity contribution in [2.45, 2.75) is 0 Å². The van der Waals surface area contributed by atoms with Crippen molar-refractivity contribution in [3.63, 3.8) is 0 Å². The van der Waals surface area contributed by atoms with Crippen molar-refractivity contribution in [3.05, 3.63) is 59.1 Å². The monoisotopic (exact) mass is 343 g/mol. The third kappa shape index (κ3) is 2.20. The van der Waals surface area contributed by atoms with Gasteiger partial charge in [-0.05, 0) is 18.2 Å². The van der Waals surface area contributed by atoms with Crippen LogP contribution in [-0.2, 0) is 7.05 Å². The number of aromatic amines is 2. The molecule has 0 aliphatic heterocycles. The van der Waals surface area contributed by atoms with E-state index >= 15 is 0 Å². The van der Waals surface area contributed by atoms with E-state index in [2.05, 4.69) is 30.2 Å². The highest BCUT2D eigenvalue weighted by atomic mass is 16.1. The van der Waals surface area contributed by atoms with Crippen LogP contribution in [0.4, 0.5) is 0 Å². The molecule has 4 aromatic heterocycles. The van der Waals surface area contributed by atoms with Gasteiger partial charge in [0.2, 0.25) is 5.43 Å². The highest BCUT2D eigenvalue weighted by Crippen LogP contribution is 2.30. The summed E-state index contributed by atoms with van der Waals surface area (Å²) in [5.41, 5.74) is 4.25. The van der Waals surface area contributed by atoms with Gasteiger partial charge in [-0.2, -0.15) is 10.2 Å². The molecule has 0 fully saturated rings. The average molecular weight is 343 g/mol. The molecule has 0 unspecified atom stereocenters. The van der Waals surface area contributed by atoms with Gasteiger partial charge in [-0.3, -0.25) is 14.6 Å². The SMILES string of the molecule is Cn1ccc(-c2nc3[nH]ccc(=O)c3nc2-c2ccc3[nH]ncc3c2)n1. The molecule has 0 aliphatic carbocycles. The lowest BCUT2D eigenvalue weighted by atomic mass is 10.1. The minimum absolute atomic E-state index is 0.176. The second-order valence-electron chi connectivity index (χ2n) is 6.01. The molecule has 5 rings (SSSR count). The van der Waals surface area contributed by atoms with Gasteiger partial charge in [0, 0.05) is 36.5 Å². The molecule has 0 radical (unpaired) electrons. The molecule has 26 heavy (non-hydrogen) atoms. The van der Waals surface area contributed by atoms with Gasteiger partial charge in [-0.25, -0.2) is 9.97 Å². The summed E-state index contributed by atoms with van der Waals surface area (Å²) in [6.07, 6.45) is 5.16. The van der Waals surface area contributed by atoms with Crippen LogP contribution in [0.25, 0.3) is 44.7 Å². The van der Waals surface area contributed by atoms with Crippen LogP contribution < -0.4 is 5.43 Å². The van der Waals surface area contributed by atoms with Crippen molar-refractivity contribution in [2.24, 2.45) is 7.05 Å². The van der Waals surface area contributed by atoms with Crippen molar-refractivity contribution in [3.8, 4) is 22.6 Å². The molecule has 5 aromatic rings.